The van der Waals surface area contributed by atoms with E-state index in [1.54, 1.807) is 0 Å². The number of carbonyl (C=O) groups is 1. The fourth-order valence-electron chi connectivity index (χ4n) is 1.45. The van der Waals surface area contributed by atoms with E-state index in [2.05, 4.69) is 5.32 Å². The van der Waals surface area contributed by atoms with E-state index < -0.39 is 0 Å². The summed E-state index contributed by atoms with van der Waals surface area (Å²) in [6, 6.07) is 0. The maximum absolute atomic E-state index is 11.2. The van der Waals surface area contributed by atoms with Crippen molar-refractivity contribution < 1.29 is 4.79 Å². The molecule has 1 fully saturated rings. The Balaban J connectivity index is 2.48. The molecule has 1 atom stereocenters. The van der Waals surface area contributed by atoms with E-state index in [4.69, 9.17) is 5.73 Å². The lowest BCUT2D eigenvalue weighted by molar-refractivity contribution is -0.122. The molecule has 1 unspecified atom stereocenters. The number of hydrogen-bond acceptors (Lipinski definition) is 2. The second-order valence-electron chi connectivity index (χ2n) is 3.80. The molecule has 3 N–H and O–H groups in total. The van der Waals surface area contributed by atoms with Gasteiger partial charge in [0.1, 0.15) is 0 Å². The van der Waals surface area contributed by atoms with E-state index >= 15 is 0 Å². The molecule has 0 aromatic rings. The van der Waals surface area contributed by atoms with E-state index in [1.807, 2.05) is 13.8 Å². The van der Waals surface area contributed by atoms with Crippen molar-refractivity contribution in [3.05, 3.63) is 0 Å². The van der Waals surface area contributed by atoms with E-state index in [-0.39, 0.29) is 11.4 Å². The number of amides is 1. The zero-order chi connectivity index (χ0) is 9.19. The lowest BCUT2D eigenvalue weighted by Gasteiger charge is -2.29. The Kier molecular flexibility index (Phi) is 2.73. The van der Waals surface area contributed by atoms with Crippen molar-refractivity contribution in [2.45, 2.75) is 38.6 Å². The van der Waals surface area contributed by atoms with Crippen LogP contribution in [0.4, 0.5) is 0 Å². The van der Waals surface area contributed by atoms with Gasteiger partial charge in [-0.05, 0) is 25.7 Å². The first-order valence-corrected chi connectivity index (χ1v) is 4.63. The molecule has 12 heavy (non-hydrogen) atoms. The Morgan fingerprint density at radius 3 is 2.58 bits per heavy atom. The molecule has 3 heteroatoms. The van der Waals surface area contributed by atoms with Crippen LogP contribution in [-0.4, -0.2) is 18.0 Å². The predicted octanol–water partition coefficient (Wildman–Crippen LogP) is 0.640. The van der Waals surface area contributed by atoms with E-state index in [0.717, 1.165) is 0 Å². The van der Waals surface area contributed by atoms with Gasteiger partial charge in [-0.1, -0.05) is 6.92 Å². The van der Waals surface area contributed by atoms with Gasteiger partial charge in [0.2, 0.25) is 5.91 Å². The van der Waals surface area contributed by atoms with Crippen LogP contribution in [0.25, 0.3) is 0 Å². The Morgan fingerprint density at radius 2 is 2.25 bits per heavy atom. The van der Waals surface area contributed by atoms with Crippen LogP contribution in [0.5, 0.6) is 0 Å². The highest BCUT2D eigenvalue weighted by atomic mass is 16.1. The van der Waals surface area contributed by atoms with Crippen molar-refractivity contribution in [3.63, 3.8) is 0 Å². The second-order valence-corrected chi connectivity index (χ2v) is 3.80. The van der Waals surface area contributed by atoms with Crippen LogP contribution >= 0.6 is 0 Å². The topological polar surface area (TPSA) is 55.1 Å². The third kappa shape index (κ3) is 1.97. The molecule has 1 aliphatic rings. The summed E-state index contributed by atoms with van der Waals surface area (Å²) in [6.45, 7) is 4.45. The van der Waals surface area contributed by atoms with E-state index in [0.29, 0.717) is 18.9 Å². The summed E-state index contributed by atoms with van der Waals surface area (Å²) >= 11 is 0. The number of hydrogen-bond donors (Lipinski definition) is 2. The monoisotopic (exact) mass is 170 g/mol. The van der Waals surface area contributed by atoms with E-state index in [1.165, 1.54) is 12.8 Å². The number of carbonyl (C=O) groups excluding carboxylic acids is 1. The van der Waals surface area contributed by atoms with Gasteiger partial charge < -0.3 is 11.1 Å². The molecule has 70 valence electrons. The van der Waals surface area contributed by atoms with Crippen molar-refractivity contribution in [3.8, 4) is 0 Å². The van der Waals surface area contributed by atoms with E-state index in [9.17, 15) is 4.79 Å². The zero-order valence-electron chi connectivity index (χ0n) is 7.89. The van der Waals surface area contributed by atoms with Crippen LogP contribution < -0.4 is 11.1 Å². The maximum atomic E-state index is 11.2. The summed E-state index contributed by atoms with van der Waals surface area (Å²) in [5.41, 5.74) is 5.49. The molecule has 3 nitrogen and oxygen atoms in total. The maximum Gasteiger partial charge on any atom is 0.220 e. The fraction of sp³-hybridized carbons (Fsp3) is 0.889. The van der Waals surface area contributed by atoms with Gasteiger partial charge in [0.25, 0.3) is 0 Å². The van der Waals surface area contributed by atoms with Gasteiger partial charge in [0.05, 0.1) is 5.54 Å². The second kappa shape index (κ2) is 3.44. The van der Waals surface area contributed by atoms with Gasteiger partial charge in [-0.15, -0.1) is 0 Å². The summed E-state index contributed by atoms with van der Waals surface area (Å²) in [5, 5.41) is 2.99. The molecule has 1 aliphatic carbocycles. The average molecular weight is 170 g/mol. The highest BCUT2D eigenvalue weighted by Crippen LogP contribution is 2.38. The number of nitrogens with one attached hydrogen (secondary N) is 1. The van der Waals surface area contributed by atoms with Gasteiger partial charge in [-0.3, -0.25) is 4.79 Å². The average Bonchev–Trinajstić information content (AvgIpc) is 2.86. The minimum atomic E-state index is -0.146. The highest BCUT2D eigenvalue weighted by molar-refractivity contribution is 5.76. The molecular formula is C9H18N2O. The van der Waals surface area contributed by atoms with Crippen LogP contribution in [0.15, 0.2) is 0 Å². The molecule has 0 bridgehead atoms. The zero-order valence-corrected chi connectivity index (χ0v) is 7.89. The molecular weight excluding hydrogens is 152 g/mol. The summed E-state index contributed by atoms with van der Waals surface area (Å²) in [6.07, 6.45) is 2.96. The minimum Gasteiger partial charge on any atom is -0.349 e. The number of rotatable bonds is 4. The minimum absolute atomic E-state index is 0.106. The third-order valence-electron chi connectivity index (χ3n) is 2.65. The molecule has 0 saturated heterocycles. The van der Waals surface area contributed by atoms with Crippen LogP contribution in [0.3, 0.4) is 0 Å². The molecule has 0 aliphatic heterocycles. The summed E-state index contributed by atoms with van der Waals surface area (Å²) < 4.78 is 0. The first kappa shape index (κ1) is 9.52. The van der Waals surface area contributed by atoms with Gasteiger partial charge >= 0.3 is 0 Å². The smallest absolute Gasteiger partial charge is 0.220 e. The summed E-state index contributed by atoms with van der Waals surface area (Å²) in [4.78, 5) is 11.2. The standard InChI is InChI=1S/C9H18N2O/c1-3-8(12)11-9(2,6-10)7-4-5-7/h7H,3-6,10H2,1-2H3,(H,11,12). The Hall–Kier alpha value is -0.570. The molecule has 0 aromatic heterocycles. The third-order valence-corrected chi connectivity index (χ3v) is 2.65. The normalized spacial score (nSPS) is 21.6. The van der Waals surface area contributed by atoms with Gasteiger partial charge in [0.15, 0.2) is 0 Å². The largest absolute Gasteiger partial charge is 0.349 e. The van der Waals surface area contributed by atoms with Gasteiger partial charge in [0, 0.05) is 13.0 Å². The highest BCUT2D eigenvalue weighted by Gasteiger charge is 2.41. The Morgan fingerprint density at radius 1 is 1.67 bits per heavy atom. The first-order chi connectivity index (χ1) is 5.62. The molecule has 0 spiro atoms. The van der Waals surface area contributed by atoms with Gasteiger partial charge in [-0.2, -0.15) is 0 Å². The number of nitrogens with two attached hydrogens (primary N) is 1. The Labute approximate surface area is 73.7 Å². The molecule has 1 amide bonds. The SMILES string of the molecule is CCC(=O)NC(C)(CN)C1CC1. The molecule has 0 aromatic carbocycles. The quantitative estimate of drug-likeness (QED) is 0.650. The Bertz CT molecular complexity index is 177. The van der Waals surface area contributed by atoms with Crippen LogP contribution in [0, 0.1) is 5.92 Å². The van der Waals surface area contributed by atoms with Crippen molar-refractivity contribution in [1.29, 1.82) is 0 Å². The van der Waals surface area contributed by atoms with Crippen molar-refractivity contribution in [2.24, 2.45) is 11.7 Å². The molecule has 1 rings (SSSR count). The molecule has 1 saturated carbocycles. The summed E-state index contributed by atoms with van der Waals surface area (Å²) in [7, 11) is 0. The van der Waals surface area contributed by atoms with Crippen molar-refractivity contribution >= 4 is 5.91 Å². The van der Waals surface area contributed by atoms with Crippen molar-refractivity contribution in [1.82, 2.24) is 5.32 Å². The lowest BCUT2D eigenvalue weighted by Crippen LogP contribution is -2.52. The van der Waals surface area contributed by atoms with Crippen LogP contribution in [0.2, 0.25) is 0 Å². The predicted molar refractivity (Wildman–Crippen MR) is 48.6 cm³/mol. The lowest BCUT2D eigenvalue weighted by atomic mass is 9.96. The molecule has 0 heterocycles. The summed E-state index contributed by atoms with van der Waals surface area (Å²) in [5.74, 6) is 0.716. The van der Waals surface area contributed by atoms with Gasteiger partial charge in [-0.25, -0.2) is 0 Å². The fourth-order valence-corrected chi connectivity index (χ4v) is 1.45. The van der Waals surface area contributed by atoms with Crippen LogP contribution in [0.1, 0.15) is 33.1 Å². The molecule has 0 radical (unpaired) electrons. The van der Waals surface area contributed by atoms with Crippen molar-refractivity contribution in [2.75, 3.05) is 6.54 Å². The van der Waals surface area contributed by atoms with Crippen LogP contribution in [-0.2, 0) is 4.79 Å². The first-order valence-electron chi connectivity index (χ1n) is 4.63.